The normalized spacial score (nSPS) is 9.71. The highest BCUT2D eigenvalue weighted by molar-refractivity contribution is 7.07. The van der Waals surface area contributed by atoms with Crippen molar-refractivity contribution < 1.29 is 4.39 Å². The highest BCUT2D eigenvalue weighted by Gasteiger charge is 2.06. The third-order valence-electron chi connectivity index (χ3n) is 1.66. The van der Waals surface area contributed by atoms with E-state index < -0.39 is 5.95 Å². The molecule has 0 amide bonds. The summed E-state index contributed by atoms with van der Waals surface area (Å²) in [6, 6.07) is 4.69. The fourth-order valence-electron chi connectivity index (χ4n) is 0.999. The van der Waals surface area contributed by atoms with Crippen LogP contribution in [-0.4, -0.2) is 9.97 Å². The van der Waals surface area contributed by atoms with Gasteiger partial charge in [-0.3, -0.25) is 0 Å². The number of halogens is 1. The van der Waals surface area contributed by atoms with Crippen molar-refractivity contribution in [2.45, 2.75) is 0 Å². The SMILES string of the molecule is N#Cc1ccc(-c2cscn2)nc1F. The highest BCUT2D eigenvalue weighted by atomic mass is 32.1. The van der Waals surface area contributed by atoms with Gasteiger partial charge in [-0.15, -0.1) is 11.3 Å². The fourth-order valence-corrected chi connectivity index (χ4v) is 1.55. The van der Waals surface area contributed by atoms with Crippen LogP contribution in [-0.2, 0) is 0 Å². The van der Waals surface area contributed by atoms with Crippen LogP contribution < -0.4 is 0 Å². The first-order valence-electron chi connectivity index (χ1n) is 3.76. The maximum Gasteiger partial charge on any atom is 0.231 e. The molecule has 0 aliphatic rings. The molecule has 0 N–H and O–H groups in total. The third-order valence-corrected chi connectivity index (χ3v) is 2.25. The summed E-state index contributed by atoms with van der Waals surface area (Å²) >= 11 is 1.41. The molecule has 5 heteroatoms. The molecule has 14 heavy (non-hydrogen) atoms. The van der Waals surface area contributed by atoms with Crippen LogP contribution in [0, 0.1) is 17.3 Å². The summed E-state index contributed by atoms with van der Waals surface area (Å²) in [6.45, 7) is 0. The minimum Gasteiger partial charge on any atom is -0.243 e. The molecule has 0 aromatic carbocycles. The second kappa shape index (κ2) is 3.52. The van der Waals surface area contributed by atoms with Crippen LogP contribution in [0.1, 0.15) is 5.56 Å². The molecule has 0 atom stereocenters. The van der Waals surface area contributed by atoms with Crippen LogP contribution in [0.25, 0.3) is 11.4 Å². The van der Waals surface area contributed by atoms with Gasteiger partial charge in [0.2, 0.25) is 5.95 Å². The average Bonchev–Trinajstić information content (AvgIpc) is 2.70. The zero-order valence-electron chi connectivity index (χ0n) is 6.94. The summed E-state index contributed by atoms with van der Waals surface area (Å²) in [7, 11) is 0. The van der Waals surface area contributed by atoms with Gasteiger partial charge < -0.3 is 0 Å². The van der Waals surface area contributed by atoms with E-state index in [2.05, 4.69) is 9.97 Å². The molecule has 2 aromatic rings. The largest absolute Gasteiger partial charge is 0.243 e. The summed E-state index contributed by atoms with van der Waals surface area (Å²) in [4.78, 5) is 7.63. The Morgan fingerprint density at radius 3 is 2.79 bits per heavy atom. The van der Waals surface area contributed by atoms with E-state index >= 15 is 0 Å². The molecule has 0 aliphatic heterocycles. The maximum absolute atomic E-state index is 13.1. The second-order valence-electron chi connectivity index (χ2n) is 2.52. The van der Waals surface area contributed by atoms with Crippen molar-refractivity contribution in [1.82, 2.24) is 9.97 Å². The summed E-state index contributed by atoms with van der Waals surface area (Å²) in [5.41, 5.74) is 2.66. The molecule has 0 fully saturated rings. The van der Waals surface area contributed by atoms with E-state index in [4.69, 9.17) is 5.26 Å². The van der Waals surface area contributed by atoms with Crippen LogP contribution in [0.5, 0.6) is 0 Å². The monoisotopic (exact) mass is 205 g/mol. The summed E-state index contributed by atoms with van der Waals surface area (Å²) in [6.07, 6.45) is 0. The van der Waals surface area contributed by atoms with Crippen molar-refractivity contribution in [1.29, 1.82) is 5.26 Å². The van der Waals surface area contributed by atoms with Crippen molar-refractivity contribution >= 4 is 11.3 Å². The standard InChI is InChI=1S/C9H4FN3S/c10-9-6(3-11)1-2-7(13-9)8-4-14-5-12-8/h1-2,4-5H. The van der Waals surface area contributed by atoms with Gasteiger partial charge in [0.1, 0.15) is 11.6 Å². The van der Waals surface area contributed by atoms with Crippen molar-refractivity contribution in [3.63, 3.8) is 0 Å². The van der Waals surface area contributed by atoms with E-state index in [0.717, 1.165) is 0 Å². The third kappa shape index (κ3) is 1.47. The number of nitrogens with zero attached hydrogens (tertiary/aromatic N) is 3. The van der Waals surface area contributed by atoms with E-state index in [1.807, 2.05) is 0 Å². The van der Waals surface area contributed by atoms with Gasteiger partial charge >= 0.3 is 0 Å². The Bertz CT molecular complexity index is 487. The Hall–Kier alpha value is -1.80. The first-order chi connectivity index (χ1) is 6.81. The second-order valence-corrected chi connectivity index (χ2v) is 3.24. The molecule has 2 heterocycles. The minimum atomic E-state index is -0.752. The van der Waals surface area contributed by atoms with Crippen molar-refractivity contribution in [2.24, 2.45) is 0 Å². The van der Waals surface area contributed by atoms with E-state index in [1.165, 1.54) is 17.4 Å². The Kier molecular flexibility index (Phi) is 2.21. The van der Waals surface area contributed by atoms with Crippen LogP contribution in [0.2, 0.25) is 0 Å². The first-order valence-corrected chi connectivity index (χ1v) is 4.71. The van der Waals surface area contributed by atoms with Crippen LogP contribution in [0.3, 0.4) is 0 Å². The fraction of sp³-hybridized carbons (Fsp3) is 0. The first kappa shape index (κ1) is 8.78. The molecule has 0 saturated heterocycles. The van der Waals surface area contributed by atoms with Gasteiger partial charge in [0.25, 0.3) is 0 Å². The van der Waals surface area contributed by atoms with Gasteiger partial charge in [0.05, 0.1) is 16.9 Å². The van der Waals surface area contributed by atoms with Gasteiger partial charge in [-0.25, -0.2) is 9.97 Å². The number of hydrogen-bond donors (Lipinski definition) is 0. The zero-order valence-corrected chi connectivity index (χ0v) is 7.75. The molecular formula is C9H4FN3S. The molecule has 2 aromatic heterocycles. The molecule has 0 bridgehead atoms. The molecule has 0 spiro atoms. The quantitative estimate of drug-likeness (QED) is 0.670. The minimum absolute atomic E-state index is 0.0519. The molecule has 3 nitrogen and oxygen atoms in total. The highest BCUT2D eigenvalue weighted by Crippen LogP contribution is 2.17. The van der Waals surface area contributed by atoms with Gasteiger partial charge in [-0.05, 0) is 12.1 Å². The molecule has 0 radical (unpaired) electrons. The van der Waals surface area contributed by atoms with Crippen molar-refractivity contribution in [3.8, 4) is 17.5 Å². The smallest absolute Gasteiger partial charge is 0.231 e. The van der Waals surface area contributed by atoms with Gasteiger partial charge in [-0.2, -0.15) is 9.65 Å². The van der Waals surface area contributed by atoms with Crippen LogP contribution in [0.15, 0.2) is 23.0 Å². The topological polar surface area (TPSA) is 49.6 Å². The lowest BCUT2D eigenvalue weighted by molar-refractivity contribution is 0.581. The number of nitriles is 1. The summed E-state index contributed by atoms with van der Waals surface area (Å²) < 4.78 is 13.1. The molecule has 0 unspecified atom stereocenters. The summed E-state index contributed by atoms with van der Waals surface area (Å²) in [5.74, 6) is -0.752. The molecular weight excluding hydrogens is 201 g/mol. The number of thiazole rings is 1. The molecule has 0 saturated carbocycles. The Morgan fingerprint density at radius 1 is 1.36 bits per heavy atom. The van der Waals surface area contributed by atoms with Gasteiger partial charge in [0, 0.05) is 5.38 Å². The predicted octanol–water partition coefficient (Wildman–Crippen LogP) is 2.22. The number of rotatable bonds is 1. The van der Waals surface area contributed by atoms with E-state index in [9.17, 15) is 4.39 Å². The zero-order chi connectivity index (χ0) is 9.97. The molecule has 0 aliphatic carbocycles. The lowest BCUT2D eigenvalue weighted by Crippen LogP contribution is -1.91. The summed E-state index contributed by atoms with van der Waals surface area (Å²) in [5, 5.41) is 10.3. The van der Waals surface area contributed by atoms with E-state index in [1.54, 1.807) is 23.0 Å². The lowest BCUT2D eigenvalue weighted by Gasteiger charge is -1.96. The average molecular weight is 205 g/mol. The van der Waals surface area contributed by atoms with Crippen LogP contribution in [0.4, 0.5) is 4.39 Å². The Labute approximate surface area is 83.5 Å². The van der Waals surface area contributed by atoms with E-state index in [-0.39, 0.29) is 5.56 Å². The molecule has 68 valence electrons. The van der Waals surface area contributed by atoms with Gasteiger partial charge in [-0.1, -0.05) is 0 Å². The predicted molar refractivity (Wildman–Crippen MR) is 50.0 cm³/mol. The Morgan fingerprint density at radius 2 is 2.21 bits per heavy atom. The number of aromatic nitrogens is 2. The van der Waals surface area contributed by atoms with Crippen LogP contribution >= 0.6 is 11.3 Å². The Balaban J connectivity index is 2.49. The number of hydrogen-bond acceptors (Lipinski definition) is 4. The number of pyridine rings is 1. The maximum atomic E-state index is 13.1. The van der Waals surface area contributed by atoms with Crippen molar-refractivity contribution in [2.75, 3.05) is 0 Å². The van der Waals surface area contributed by atoms with Gasteiger partial charge in [0.15, 0.2) is 0 Å². The van der Waals surface area contributed by atoms with E-state index in [0.29, 0.717) is 11.4 Å². The van der Waals surface area contributed by atoms with Crippen molar-refractivity contribution in [3.05, 3.63) is 34.5 Å². The molecule has 2 rings (SSSR count). The lowest BCUT2D eigenvalue weighted by atomic mass is 10.2.